The van der Waals surface area contributed by atoms with Crippen LogP contribution in [0.15, 0.2) is 18.2 Å². The Hall–Kier alpha value is -1.84. The molecule has 0 radical (unpaired) electrons. The number of hydrogen-bond donors (Lipinski definition) is 1. The Kier molecular flexibility index (Phi) is 2.58. The summed E-state index contributed by atoms with van der Waals surface area (Å²) in [6.45, 7) is 2.71. The zero-order valence-electron chi connectivity index (χ0n) is 10.4. The average molecular weight is 244 g/mol. The number of amides is 2. The smallest absolute Gasteiger partial charge is 0.256 e. The van der Waals surface area contributed by atoms with Gasteiger partial charge in [0.1, 0.15) is 6.04 Å². The molecule has 2 aliphatic rings. The number of carbonyl (C=O) groups is 2. The lowest BCUT2D eigenvalue weighted by Gasteiger charge is -2.20. The molecule has 1 atom stereocenters. The highest BCUT2D eigenvalue weighted by Crippen LogP contribution is 2.30. The first-order chi connectivity index (χ1) is 8.72. The fourth-order valence-electron chi connectivity index (χ4n) is 2.89. The molecule has 2 aliphatic heterocycles. The van der Waals surface area contributed by atoms with E-state index >= 15 is 0 Å². The van der Waals surface area contributed by atoms with E-state index in [2.05, 4.69) is 5.32 Å². The van der Waals surface area contributed by atoms with Crippen molar-refractivity contribution in [2.75, 3.05) is 11.9 Å². The molecule has 2 amide bonds. The molecule has 0 saturated carbocycles. The van der Waals surface area contributed by atoms with E-state index < -0.39 is 0 Å². The zero-order chi connectivity index (χ0) is 12.7. The Labute approximate surface area is 106 Å². The van der Waals surface area contributed by atoms with Gasteiger partial charge in [0.15, 0.2) is 0 Å². The SMILES string of the molecule is CCc1cccc2c1C(=O)N1CCC[C@H]1C(=O)N2. The number of rotatable bonds is 1. The van der Waals surface area contributed by atoms with E-state index in [1.807, 2.05) is 25.1 Å². The summed E-state index contributed by atoms with van der Waals surface area (Å²) in [5, 5.41) is 2.90. The van der Waals surface area contributed by atoms with E-state index in [1.54, 1.807) is 4.90 Å². The molecule has 1 N–H and O–H groups in total. The van der Waals surface area contributed by atoms with Crippen molar-refractivity contribution in [3.63, 3.8) is 0 Å². The summed E-state index contributed by atoms with van der Waals surface area (Å²) >= 11 is 0. The summed E-state index contributed by atoms with van der Waals surface area (Å²) in [5.74, 6) is -0.0452. The van der Waals surface area contributed by atoms with Crippen LogP contribution in [-0.2, 0) is 11.2 Å². The minimum atomic E-state index is -0.283. The van der Waals surface area contributed by atoms with Crippen LogP contribution in [-0.4, -0.2) is 29.3 Å². The van der Waals surface area contributed by atoms with E-state index in [9.17, 15) is 9.59 Å². The van der Waals surface area contributed by atoms with Gasteiger partial charge < -0.3 is 10.2 Å². The molecule has 1 aromatic carbocycles. The van der Waals surface area contributed by atoms with E-state index in [-0.39, 0.29) is 17.9 Å². The van der Waals surface area contributed by atoms with Gasteiger partial charge in [0.05, 0.1) is 11.3 Å². The minimum Gasteiger partial charge on any atom is -0.327 e. The lowest BCUT2D eigenvalue weighted by atomic mass is 10.0. The lowest BCUT2D eigenvalue weighted by Crippen LogP contribution is -2.40. The molecule has 1 aromatic rings. The van der Waals surface area contributed by atoms with Crippen molar-refractivity contribution in [3.05, 3.63) is 29.3 Å². The fourth-order valence-corrected chi connectivity index (χ4v) is 2.89. The largest absolute Gasteiger partial charge is 0.327 e. The monoisotopic (exact) mass is 244 g/mol. The number of nitrogens with one attached hydrogen (secondary N) is 1. The van der Waals surface area contributed by atoms with Crippen molar-refractivity contribution in [2.45, 2.75) is 32.2 Å². The Balaban J connectivity index is 2.15. The van der Waals surface area contributed by atoms with Crippen molar-refractivity contribution in [1.29, 1.82) is 0 Å². The summed E-state index contributed by atoms with van der Waals surface area (Å²) < 4.78 is 0. The molecule has 0 aliphatic carbocycles. The standard InChI is InChI=1S/C14H16N2O2/c1-2-9-5-3-6-10-12(9)14(18)16-8-4-7-11(16)13(17)15-10/h3,5-6,11H,2,4,7-8H2,1H3,(H,15,17)/t11-/m0/s1. The second kappa shape index (κ2) is 4.12. The van der Waals surface area contributed by atoms with Gasteiger partial charge >= 0.3 is 0 Å². The first-order valence-electron chi connectivity index (χ1n) is 6.46. The van der Waals surface area contributed by atoms with Crippen molar-refractivity contribution >= 4 is 17.5 Å². The van der Waals surface area contributed by atoms with Gasteiger partial charge in [0, 0.05) is 6.54 Å². The van der Waals surface area contributed by atoms with Gasteiger partial charge in [-0.2, -0.15) is 0 Å². The summed E-state index contributed by atoms with van der Waals surface area (Å²) in [5.41, 5.74) is 2.35. The van der Waals surface area contributed by atoms with E-state index in [0.717, 1.165) is 24.8 Å². The van der Waals surface area contributed by atoms with E-state index in [4.69, 9.17) is 0 Å². The molecule has 0 unspecified atom stereocenters. The van der Waals surface area contributed by atoms with Crippen LogP contribution in [0, 0.1) is 0 Å². The number of hydrogen-bond acceptors (Lipinski definition) is 2. The molecule has 0 spiro atoms. The number of anilines is 1. The Morgan fingerprint density at radius 3 is 3.00 bits per heavy atom. The van der Waals surface area contributed by atoms with Crippen molar-refractivity contribution in [1.82, 2.24) is 4.90 Å². The third-order valence-electron chi connectivity index (χ3n) is 3.82. The van der Waals surface area contributed by atoms with Gasteiger partial charge in [-0.05, 0) is 30.9 Å². The normalized spacial score (nSPS) is 22.3. The highest BCUT2D eigenvalue weighted by Gasteiger charge is 2.38. The van der Waals surface area contributed by atoms with Gasteiger partial charge in [0.25, 0.3) is 5.91 Å². The van der Waals surface area contributed by atoms with Crippen LogP contribution in [0.4, 0.5) is 5.69 Å². The number of aryl methyl sites for hydroxylation is 1. The molecular formula is C14H16N2O2. The number of nitrogens with zero attached hydrogens (tertiary/aromatic N) is 1. The molecule has 0 aromatic heterocycles. The zero-order valence-corrected chi connectivity index (χ0v) is 10.4. The predicted molar refractivity (Wildman–Crippen MR) is 68.5 cm³/mol. The number of fused-ring (bicyclic) bond motifs is 2. The maximum atomic E-state index is 12.6. The summed E-state index contributed by atoms with van der Waals surface area (Å²) in [6.07, 6.45) is 2.48. The van der Waals surface area contributed by atoms with E-state index in [0.29, 0.717) is 17.8 Å². The summed E-state index contributed by atoms with van der Waals surface area (Å²) in [7, 11) is 0. The van der Waals surface area contributed by atoms with Gasteiger partial charge in [-0.15, -0.1) is 0 Å². The van der Waals surface area contributed by atoms with Gasteiger partial charge in [-0.3, -0.25) is 9.59 Å². The van der Waals surface area contributed by atoms with Crippen LogP contribution in [0.2, 0.25) is 0 Å². The summed E-state index contributed by atoms with van der Waals surface area (Å²) in [4.78, 5) is 26.4. The van der Waals surface area contributed by atoms with Gasteiger partial charge in [-0.25, -0.2) is 0 Å². The quantitative estimate of drug-likeness (QED) is 0.819. The highest BCUT2D eigenvalue weighted by atomic mass is 16.2. The molecule has 0 bridgehead atoms. The molecule has 4 nitrogen and oxygen atoms in total. The lowest BCUT2D eigenvalue weighted by molar-refractivity contribution is -0.119. The molecule has 4 heteroatoms. The molecule has 94 valence electrons. The number of benzene rings is 1. The highest BCUT2D eigenvalue weighted by molar-refractivity contribution is 6.10. The van der Waals surface area contributed by atoms with Crippen LogP contribution >= 0.6 is 0 Å². The van der Waals surface area contributed by atoms with Crippen LogP contribution in [0.5, 0.6) is 0 Å². The first-order valence-corrected chi connectivity index (χ1v) is 6.46. The van der Waals surface area contributed by atoms with Crippen molar-refractivity contribution in [2.24, 2.45) is 0 Å². The van der Waals surface area contributed by atoms with Crippen LogP contribution in [0.1, 0.15) is 35.7 Å². The Bertz CT molecular complexity index is 525. The first kappa shape index (κ1) is 11.3. The topological polar surface area (TPSA) is 49.4 Å². The van der Waals surface area contributed by atoms with Crippen molar-refractivity contribution in [3.8, 4) is 0 Å². The van der Waals surface area contributed by atoms with Crippen LogP contribution in [0.25, 0.3) is 0 Å². The third kappa shape index (κ3) is 1.52. The third-order valence-corrected chi connectivity index (χ3v) is 3.82. The average Bonchev–Trinajstić information content (AvgIpc) is 2.83. The Morgan fingerprint density at radius 1 is 1.39 bits per heavy atom. The van der Waals surface area contributed by atoms with Gasteiger partial charge in [-0.1, -0.05) is 19.1 Å². The predicted octanol–water partition coefficient (Wildman–Crippen LogP) is 1.81. The molecule has 1 saturated heterocycles. The molecule has 18 heavy (non-hydrogen) atoms. The maximum absolute atomic E-state index is 12.6. The van der Waals surface area contributed by atoms with Crippen LogP contribution in [0.3, 0.4) is 0 Å². The van der Waals surface area contributed by atoms with Crippen molar-refractivity contribution < 1.29 is 9.59 Å². The number of carbonyl (C=O) groups excluding carboxylic acids is 2. The molecular weight excluding hydrogens is 228 g/mol. The Morgan fingerprint density at radius 2 is 2.22 bits per heavy atom. The maximum Gasteiger partial charge on any atom is 0.256 e. The fraction of sp³-hybridized carbons (Fsp3) is 0.429. The summed E-state index contributed by atoms with van der Waals surface area (Å²) in [6, 6.07) is 5.38. The minimum absolute atomic E-state index is 0.00306. The molecule has 3 rings (SSSR count). The van der Waals surface area contributed by atoms with E-state index in [1.165, 1.54) is 0 Å². The molecule has 1 fully saturated rings. The van der Waals surface area contributed by atoms with Gasteiger partial charge in [0.2, 0.25) is 5.91 Å². The molecule has 2 heterocycles. The second-order valence-electron chi connectivity index (χ2n) is 4.84. The van der Waals surface area contributed by atoms with Crippen LogP contribution < -0.4 is 5.32 Å². The second-order valence-corrected chi connectivity index (χ2v) is 4.84.